The van der Waals surface area contributed by atoms with Gasteiger partial charge >= 0.3 is 0 Å². The van der Waals surface area contributed by atoms with E-state index in [1.807, 2.05) is 12.1 Å². The fraction of sp³-hybridized carbons (Fsp3) is 0. The Labute approximate surface area is 338 Å². The van der Waals surface area contributed by atoms with Crippen molar-refractivity contribution in [3.05, 3.63) is 224 Å². The van der Waals surface area contributed by atoms with E-state index in [1.165, 1.54) is 38.6 Å². The maximum atomic E-state index is 5.15. The molecular weight excluding hydrogens is 703 g/mol. The topological polar surface area (TPSA) is 38.7 Å². The van der Waals surface area contributed by atoms with Gasteiger partial charge in [0, 0.05) is 16.7 Å². The first-order valence-electron chi connectivity index (χ1n) is 19.6. The van der Waals surface area contributed by atoms with Gasteiger partial charge in [-0.2, -0.15) is 0 Å². The van der Waals surface area contributed by atoms with Crippen LogP contribution in [-0.4, -0.2) is 15.0 Å². The molecule has 0 N–H and O–H groups in total. The van der Waals surface area contributed by atoms with E-state index in [4.69, 9.17) is 15.0 Å². The molecule has 10 aromatic rings. The molecule has 0 atom stereocenters. The molecule has 3 heteroatoms. The molecule has 3 nitrogen and oxygen atoms in total. The van der Waals surface area contributed by atoms with Crippen molar-refractivity contribution >= 4 is 10.8 Å². The van der Waals surface area contributed by atoms with E-state index in [-0.39, 0.29) is 0 Å². The monoisotopic (exact) mass is 739 g/mol. The third-order valence-corrected chi connectivity index (χ3v) is 10.8. The molecule has 58 heavy (non-hydrogen) atoms. The lowest BCUT2D eigenvalue weighted by Gasteiger charge is -2.17. The Kier molecular flexibility index (Phi) is 9.23. The zero-order valence-electron chi connectivity index (χ0n) is 31.7. The zero-order valence-corrected chi connectivity index (χ0v) is 31.7. The average molecular weight is 740 g/mol. The van der Waals surface area contributed by atoms with E-state index in [2.05, 4.69) is 212 Å². The minimum absolute atomic E-state index is 0.619. The number of aromatic nitrogens is 3. The molecule has 0 bridgehead atoms. The van der Waals surface area contributed by atoms with Crippen LogP contribution >= 0.6 is 0 Å². The predicted molar refractivity (Wildman–Crippen MR) is 241 cm³/mol. The van der Waals surface area contributed by atoms with Crippen LogP contribution < -0.4 is 0 Å². The third-order valence-electron chi connectivity index (χ3n) is 10.8. The summed E-state index contributed by atoms with van der Waals surface area (Å²) in [6, 6.07) is 79.0. The van der Waals surface area contributed by atoms with Crippen molar-refractivity contribution in [2.75, 3.05) is 0 Å². The van der Waals surface area contributed by atoms with E-state index in [1.54, 1.807) is 0 Å². The summed E-state index contributed by atoms with van der Waals surface area (Å²) >= 11 is 0. The molecule has 0 aliphatic rings. The van der Waals surface area contributed by atoms with Crippen LogP contribution in [0.2, 0.25) is 0 Å². The van der Waals surface area contributed by atoms with Crippen LogP contribution in [0.5, 0.6) is 0 Å². The number of hydrogen-bond donors (Lipinski definition) is 0. The Hall–Kier alpha value is -7.75. The first kappa shape index (κ1) is 34.7. The van der Waals surface area contributed by atoms with Crippen molar-refractivity contribution in [2.45, 2.75) is 0 Å². The fourth-order valence-electron chi connectivity index (χ4n) is 7.78. The number of rotatable bonds is 8. The summed E-state index contributed by atoms with van der Waals surface area (Å²) < 4.78 is 0. The molecule has 0 spiro atoms. The van der Waals surface area contributed by atoms with Gasteiger partial charge in [-0.3, -0.25) is 0 Å². The van der Waals surface area contributed by atoms with Crippen molar-refractivity contribution in [1.82, 2.24) is 15.0 Å². The average Bonchev–Trinajstić information content (AvgIpc) is 3.32. The van der Waals surface area contributed by atoms with Gasteiger partial charge in [-0.15, -0.1) is 0 Å². The SMILES string of the molecule is c1ccc(-c2ccc(-c3nc(-c4ccc(-c5ccccc5)cc4)nc(-c4cccc(-c5cccc(-c6ccc7ccccc7c6)c5-c5ccccc5)c4)n3)cc2)cc1. The molecule has 272 valence electrons. The maximum absolute atomic E-state index is 5.15. The van der Waals surface area contributed by atoms with Crippen molar-refractivity contribution in [3.8, 4) is 89.8 Å². The van der Waals surface area contributed by atoms with E-state index < -0.39 is 0 Å². The molecular formula is C55H37N3. The van der Waals surface area contributed by atoms with Gasteiger partial charge in [-0.05, 0) is 78.5 Å². The predicted octanol–water partition coefficient (Wildman–Crippen LogP) is 14.4. The molecule has 1 aromatic heterocycles. The van der Waals surface area contributed by atoms with E-state index >= 15 is 0 Å². The molecule has 9 aromatic carbocycles. The number of nitrogens with zero attached hydrogens (tertiary/aromatic N) is 3. The van der Waals surface area contributed by atoms with Crippen LogP contribution in [0.1, 0.15) is 0 Å². The lowest BCUT2D eigenvalue weighted by molar-refractivity contribution is 1.07. The Morgan fingerprint density at radius 2 is 0.569 bits per heavy atom. The second-order valence-electron chi connectivity index (χ2n) is 14.4. The second-order valence-corrected chi connectivity index (χ2v) is 14.4. The van der Waals surface area contributed by atoms with Gasteiger partial charge in [0.15, 0.2) is 17.5 Å². The summed E-state index contributed by atoms with van der Waals surface area (Å²) in [6.45, 7) is 0. The van der Waals surface area contributed by atoms with Crippen LogP contribution in [0.4, 0.5) is 0 Å². The van der Waals surface area contributed by atoms with Crippen molar-refractivity contribution in [3.63, 3.8) is 0 Å². The van der Waals surface area contributed by atoms with Gasteiger partial charge < -0.3 is 0 Å². The number of fused-ring (bicyclic) bond motifs is 1. The Bertz CT molecular complexity index is 2910. The maximum Gasteiger partial charge on any atom is 0.164 e. The van der Waals surface area contributed by atoms with Crippen molar-refractivity contribution in [1.29, 1.82) is 0 Å². The number of benzene rings is 9. The molecule has 0 amide bonds. The summed E-state index contributed by atoms with van der Waals surface area (Å²) in [4.78, 5) is 15.4. The Morgan fingerprint density at radius 3 is 1.12 bits per heavy atom. The third kappa shape index (κ3) is 6.98. The fourth-order valence-corrected chi connectivity index (χ4v) is 7.78. The minimum Gasteiger partial charge on any atom is -0.208 e. The van der Waals surface area contributed by atoms with Gasteiger partial charge in [0.1, 0.15) is 0 Å². The molecule has 0 aliphatic heterocycles. The first-order chi connectivity index (χ1) is 28.7. The van der Waals surface area contributed by atoms with E-state index in [0.717, 1.165) is 44.5 Å². The van der Waals surface area contributed by atoms with Gasteiger partial charge in [-0.1, -0.05) is 212 Å². The first-order valence-corrected chi connectivity index (χ1v) is 19.6. The highest BCUT2D eigenvalue weighted by molar-refractivity contribution is 5.97. The normalized spacial score (nSPS) is 11.1. The van der Waals surface area contributed by atoms with Gasteiger partial charge in [-0.25, -0.2) is 15.0 Å². The van der Waals surface area contributed by atoms with Gasteiger partial charge in [0.2, 0.25) is 0 Å². The van der Waals surface area contributed by atoms with Crippen LogP contribution in [0.15, 0.2) is 224 Å². The second kappa shape index (κ2) is 15.4. The summed E-state index contributed by atoms with van der Waals surface area (Å²) in [5, 5.41) is 2.45. The van der Waals surface area contributed by atoms with E-state index in [9.17, 15) is 0 Å². The quantitative estimate of drug-likeness (QED) is 0.156. The van der Waals surface area contributed by atoms with Crippen LogP contribution in [-0.2, 0) is 0 Å². The highest BCUT2D eigenvalue weighted by Gasteiger charge is 2.17. The lowest BCUT2D eigenvalue weighted by Crippen LogP contribution is -2.00. The van der Waals surface area contributed by atoms with E-state index in [0.29, 0.717) is 17.5 Å². The lowest BCUT2D eigenvalue weighted by atomic mass is 9.87. The molecule has 0 unspecified atom stereocenters. The Morgan fingerprint density at radius 1 is 0.207 bits per heavy atom. The molecule has 0 fully saturated rings. The van der Waals surface area contributed by atoms with Crippen molar-refractivity contribution < 1.29 is 0 Å². The van der Waals surface area contributed by atoms with Gasteiger partial charge in [0.05, 0.1) is 0 Å². The summed E-state index contributed by atoms with van der Waals surface area (Å²) in [6.07, 6.45) is 0. The summed E-state index contributed by atoms with van der Waals surface area (Å²) in [5.74, 6) is 1.87. The highest BCUT2D eigenvalue weighted by atomic mass is 15.0. The highest BCUT2D eigenvalue weighted by Crippen LogP contribution is 2.41. The molecule has 0 radical (unpaired) electrons. The standard InChI is InChI=1S/C55H37N3/c1-4-14-38(15-5-1)41-26-31-44(32-27-41)53-56-54(45-33-28-42(29-34-45)39-16-6-2-7-17-39)58-55(57-53)49-23-12-22-47(37-49)50-24-13-25-51(52(50)43-19-8-3-9-20-43)48-35-30-40-18-10-11-21-46(40)36-48/h1-37H. The van der Waals surface area contributed by atoms with Crippen molar-refractivity contribution in [2.24, 2.45) is 0 Å². The van der Waals surface area contributed by atoms with Crippen LogP contribution in [0.25, 0.3) is 101 Å². The van der Waals surface area contributed by atoms with Gasteiger partial charge in [0.25, 0.3) is 0 Å². The smallest absolute Gasteiger partial charge is 0.164 e. The summed E-state index contributed by atoms with van der Waals surface area (Å²) in [5.41, 5.74) is 14.3. The molecule has 0 saturated heterocycles. The molecule has 1 heterocycles. The Balaban J connectivity index is 1.10. The largest absolute Gasteiger partial charge is 0.208 e. The van der Waals surface area contributed by atoms with Crippen LogP contribution in [0.3, 0.4) is 0 Å². The minimum atomic E-state index is 0.619. The molecule has 0 aliphatic carbocycles. The van der Waals surface area contributed by atoms with Crippen LogP contribution in [0, 0.1) is 0 Å². The molecule has 0 saturated carbocycles. The zero-order chi connectivity index (χ0) is 38.7. The number of hydrogen-bond acceptors (Lipinski definition) is 3. The summed E-state index contributed by atoms with van der Waals surface area (Å²) in [7, 11) is 0. The molecule has 10 rings (SSSR count).